The van der Waals surface area contributed by atoms with Crippen molar-refractivity contribution in [1.82, 2.24) is 14.9 Å². The Kier molecular flexibility index (Phi) is 6.62. The lowest BCUT2D eigenvalue weighted by Gasteiger charge is -2.32. The van der Waals surface area contributed by atoms with Crippen molar-refractivity contribution in [3.05, 3.63) is 41.0 Å². The van der Waals surface area contributed by atoms with Crippen LogP contribution in [0.5, 0.6) is 6.01 Å². The van der Waals surface area contributed by atoms with Gasteiger partial charge in [0.1, 0.15) is 41.0 Å². The Balaban J connectivity index is 1.35. The van der Waals surface area contributed by atoms with E-state index >= 15 is 4.39 Å². The van der Waals surface area contributed by atoms with Crippen molar-refractivity contribution in [2.24, 2.45) is 0 Å². The number of ether oxygens (including phenoxy) is 2. The Hall–Kier alpha value is -3.87. The maximum atomic E-state index is 16.9. The average molecular weight is 661 g/mol. The number of halogens is 6. The molecule has 0 radical (unpaired) electrons. The SMILES string of the molecule is N#Cc1c(N)sc2c(F)ccc(-c3c(C(F)(F)F)cc4c(N5CCOC6CC65)nc(OC[C@@]56CCCN5C[C@H](F)C6)nc4c3F)c12. The molecule has 2 aromatic heterocycles. The molecule has 2 N–H and O–H groups in total. The van der Waals surface area contributed by atoms with Crippen molar-refractivity contribution >= 4 is 43.1 Å². The van der Waals surface area contributed by atoms with Crippen LogP contribution < -0.4 is 15.4 Å². The van der Waals surface area contributed by atoms with Gasteiger partial charge in [0.25, 0.3) is 0 Å². The van der Waals surface area contributed by atoms with Gasteiger partial charge in [0.2, 0.25) is 0 Å². The zero-order valence-electron chi connectivity index (χ0n) is 24.1. The first-order valence-electron chi connectivity index (χ1n) is 14.9. The average Bonchev–Trinajstić information content (AvgIpc) is 3.46. The van der Waals surface area contributed by atoms with Crippen LogP contribution in [-0.4, -0.2) is 71.6 Å². The Morgan fingerprint density at radius 2 is 2.04 bits per heavy atom. The number of anilines is 2. The molecule has 3 saturated heterocycles. The molecule has 0 amide bonds. The molecule has 0 spiro atoms. The molecule has 2 unspecified atom stereocenters. The molecule has 5 heterocycles. The minimum atomic E-state index is -5.06. The van der Waals surface area contributed by atoms with Crippen LogP contribution in [0.1, 0.15) is 36.8 Å². The monoisotopic (exact) mass is 660 g/mol. The fourth-order valence-corrected chi connectivity index (χ4v) is 8.46. The number of alkyl halides is 4. The van der Waals surface area contributed by atoms with Crippen molar-refractivity contribution in [3.8, 4) is 23.2 Å². The van der Waals surface area contributed by atoms with Gasteiger partial charge in [-0.3, -0.25) is 4.90 Å². The Labute approximate surface area is 262 Å². The van der Waals surface area contributed by atoms with Crippen molar-refractivity contribution < 1.29 is 35.8 Å². The Morgan fingerprint density at radius 3 is 2.83 bits per heavy atom. The van der Waals surface area contributed by atoms with E-state index in [0.717, 1.165) is 24.6 Å². The van der Waals surface area contributed by atoms with Crippen LogP contribution in [0.3, 0.4) is 0 Å². The third kappa shape index (κ3) is 4.48. The van der Waals surface area contributed by atoms with E-state index in [0.29, 0.717) is 43.9 Å². The van der Waals surface area contributed by atoms with Gasteiger partial charge in [0, 0.05) is 35.8 Å². The minimum absolute atomic E-state index is 0.0287. The van der Waals surface area contributed by atoms with Crippen LogP contribution >= 0.6 is 11.3 Å². The fourth-order valence-electron chi connectivity index (χ4n) is 7.52. The second-order valence-corrected chi connectivity index (χ2v) is 13.4. The van der Waals surface area contributed by atoms with Crippen molar-refractivity contribution in [1.29, 1.82) is 5.26 Å². The van der Waals surface area contributed by atoms with Crippen molar-refractivity contribution in [2.45, 2.75) is 55.7 Å². The highest BCUT2D eigenvalue weighted by Gasteiger charge is 2.50. The summed E-state index contributed by atoms with van der Waals surface area (Å²) >= 11 is 0.698. The summed E-state index contributed by atoms with van der Waals surface area (Å²) in [5, 5.41) is 9.28. The summed E-state index contributed by atoms with van der Waals surface area (Å²) in [4.78, 5) is 12.7. The van der Waals surface area contributed by atoms with Crippen LogP contribution in [0.25, 0.3) is 32.1 Å². The van der Waals surface area contributed by atoms with Crippen LogP contribution in [0.2, 0.25) is 0 Å². The first kappa shape index (κ1) is 29.5. The van der Waals surface area contributed by atoms with Gasteiger partial charge < -0.3 is 20.1 Å². The quantitative estimate of drug-likeness (QED) is 0.253. The smallest absolute Gasteiger partial charge is 0.417 e. The molecule has 4 atom stereocenters. The molecule has 3 aliphatic heterocycles. The first-order chi connectivity index (χ1) is 22.0. The zero-order valence-corrected chi connectivity index (χ0v) is 25.0. The van der Waals surface area contributed by atoms with Gasteiger partial charge in [-0.05, 0) is 43.5 Å². The highest BCUT2D eigenvalue weighted by molar-refractivity contribution is 7.23. The van der Waals surface area contributed by atoms with Crippen LogP contribution in [-0.2, 0) is 10.9 Å². The van der Waals surface area contributed by atoms with Gasteiger partial charge in [0.05, 0.1) is 40.1 Å². The number of thiophene rings is 1. The number of morpholine rings is 1. The Bertz CT molecular complexity index is 1960. The summed E-state index contributed by atoms with van der Waals surface area (Å²) < 4.78 is 102. The van der Waals surface area contributed by atoms with Gasteiger partial charge in [-0.25, -0.2) is 13.2 Å². The minimum Gasteiger partial charge on any atom is -0.461 e. The topological polar surface area (TPSA) is 101 Å². The standard InChI is InChI=1S/C31H26F6N6O2S/c32-14-10-30(4-1-5-42(30)12-14)13-45-29-40-25-16(28(41-29)43-6-7-44-21-9-20(21)43)8-18(31(35,36)37)23(24(25)34)15-2-3-19(33)26-22(15)17(11-38)27(39)46-26/h2-3,8,14,20-21H,1,4-7,9-10,12-13,39H2/t14-,20?,21?,30+/m1/s1. The lowest BCUT2D eigenvalue weighted by molar-refractivity contribution is -0.137. The van der Waals surface area contributed by atoms with Gasteiger partial charge in [-0.2, -0.15) is 28.4 Å². The number of fused-ring (bicyclic) bond motifs is 4. The van der Waals surface area contributed by atoms with Crippen LogP contribution in [0.15, 0.2) is 18.2 Å². The van der Waals surface area contributed by atoms with Gasteiger partial charge in [-0.15, -0.1) is 11.3 Å². The molecule has 8 nitrogen and oxygen atoms in total. The number of hydrogen-bond donors (Lipinski definition) is 1. The molecular weight excluding hydrogens is 634 g/mol. The normalized spacial score (nSPS) is 26.0. The molecular formula is C31H26F6N6O2S. The molecule has 1 aliphatic carbocycles. The predicted octanol–water partition coefficient (Wildman–Crippen LogP) is 6.20. The van der Waals surface area contributed by atoms with Crippen LogP contribution in [0.4, 0.5) is 37.2 Å². The molecule has 15 heteroatoms. The summed E-state index contributed by atoms with van der Waals surface area (Å²) in [6.45, 7) is 1.63. The molecule has 240 valence electrons. The van der Waals surface area contributed by atoms with E-state index in [9.17, 15) is 27.2 Å². The van der Waals surface area contributed by atoms with E-state index in [4.69, 9.17) is 15.2 Å². The molecule has 4 fully saturated rings. The van der Waals surface area contributed by atoms with Gasteiger partial charge in [0.15, 0.2) is 5.82 Å². The third-order valence-corrected chi connectivity index (χ3v) is 10.7. The first-order valence-corrected chi connectivity index (χ1v) is 15.7. The number of rotatable bonds is 5. The zero-order chi connectivity index (χ0) is 32.1. The van der Waals surface area contributed by atoms with Gasteiger partial charge in [-0.1, -0.05) is 6.07 Å². The highest BCUT2D eigenvalue weighted by Crippen LogP contribution is 2.49. The van der Waals surface area contributed by atoms with E-state index in [1.807, 2.05) is 11.0 Å². The van der Waals surface area contributed by atoms with Gasteiger partial charge >= 0.3 is 12.2 Å². The highest BCUT2D eigenvalue weighted by atomic mass is 32.1. The van der Waals surface area contributed by atoms with E-state index in [-0.39, 0.29) is 75.1 Å². The summed E-state index contributed by atoms with van der Waals surface area (Å²) in [6.07, 6.45) is -3.75. The predicted molar refractivity (Wildman–Crippen MR) is 158 cm³/mol. The number of nitrogens with two attached hydrogens (primary N) is 1. The lowest BCUT2D eigenvalue weighted by atomic mass is 9.92. The third-order valence-electron chi connectivity index (χ3n) is 9.66. The molecule has 1 saturated carbocycles. The van der Waals surface area contributed by atoms with E-state index in [1.54, 1.807) is 4.90 Å². The molecule has 0 bridgehead atoms. The number of benzene rings is 2. The molecule has 2 aromatic carbocycles. The summed E-state index contributed by atoms with van der Waals surface area (Å²) in [6, 6.07) is 4.16. The van der Waals surface area contributed by atoms with E-state index < -0.39 is 46.2 Å². The lowest BCUT2D eigenvalue weighted by Crippen LogP contribution is -2.43. The molecule has 46 heavy (non-hydrogen) atoms. The number of nitrogen functional groups attached to an aromatic ring is 1. The largest absolute Gasteiger partial charge is 0.461 e. The number of aromatic nitrogens is 2. The van der Waals surface area contributed by atoms with Crippen molar-refractivity contribution in [3.63, 3.8) is 0 Å². The van der Waals surface area contributed by atoms with E-state index in [2.05, 4.69) is 9.97 Å². The molecule has 4 aromatic rings. The maximum absolute atomic E-state index is 16.9. The molecule has 8 rings (SSSR count). The van der Waals surface area contributed by atoms with Crippen LogP contribution in [0, 0.1) is 23.0 Å². The maximum Gasteiger partial charge on any atom is 0.417 e. The summed E-state index contributed by atoms with van der Waals surface area (Å²) in [5.41, 5.74) is 2.12. The summed E-state index contributed by atoms with van der Waals surface area (Å²) in [5.74, 6) is -2.06. The Morgan fingerprint density at radius 1 is 1.22 bits per heavy atom. The summed E-state index contributed by atoms with van der Waals surface area (Å²) in [7, 11) is 0. The fraction of sp³-hybridized carbons (Fsp3) is 0.452. The number of hydrogen-bond acceptors (Lipinski definition) is 9. The van der Waals surface area contributed by atoms with E-state index in [1.165, 1.54) is 0 Å². The second kappa shape index (κ2) is 10.3. The molecule has 4 aliphatic rings. The second-order valence-electron chi connectivity index (χ2n) is 12.4. The number of nitriles is 1. The van der Waals surface area contributed by atoms with Crippen molar-refractivity contribution in [2.75, 3.05) is 43.5 Å². The number of nitrogens with zero attached hydrogens (tertiary/aromatic N) is 5.